The number of furan rings is 1. The van der Waals surface area contributed by atoms with Crippen molar-refractivity contribution in [2.24, 2.45) is 0 Å². The molecule has 0 aliphatic carbocycles. The first-order valence-electron chi connectivity index (χ1n) is 10.5. The summed E-state index contributed by atoms with van der Waals surface area (Å²) in [6.07, 6.45) is 0. The molecule has 5 aromatic rings. The average molecular weight is 459 g/mol. The van der Waals surface area contributed by atoms with Gasteiger partial charge >= 0.3 is 0 Å². The summed E-state index contributed by atoms with van der Waals surface area (Å²) >= 11 is 0. The number of amides is 1. The standard InChI is InChI=1S/C24H21N5O5/c1-31-17-8-6-15(7-9-17)23-27-26-20-10-11-21(28-29(20)23)33-13-12-25-24(30)19-14-16-4-3-5-18(32-2)22(16)34-19/h3-11,14H,12-13H2,1-2H3,(H,25,30). The highest BCUT2D eigenvalue weighted by molar-refractivity contribution is 5.97. The zero-order chi connectivity index (χ0) is 23.5. The van der Waals surface area contributed by atoms with Crippen molar-refractivity contribution in [1.82, 2.24) is 25.1 Å². The smallest absolute Gasteiger partial charge is 0.287 e. The van der Waals surface area contributed by atoms with E-state index < -0.39 is 0 Å². The number of aromatic nitrogens is 4. The van der Waals surface area contributed by atoms with Gasteiger partial charge in [-0.05, 0) is 42.5 Å². The summed E-state index contributed by atoms with van der Waals surface area (Å²) in [5.74, 6) is 2.14. The van der Waals surface area contributed by atoms with Gasteiger partial charge in [0.25, 0.3) is 5.91 Å². The van der Waals surface area contributed by atoms with Gasteiger partial charge in [-0.15, -0.1) is 15.3 Å². The van der Waals surface area contributed by atoms with Crippen LogP contribution in [0.2, 0.25) is 0 Å². The van der Waals surface area contributed by atoms with E-state index in [0.29, 0.717) is 28.7 Å². The number of ether oxygens (including phenoxy) is 3. The fourth-order valence-corrected chi connectivity index (χ4v) is 3.49. The highest BCUT2D eigenvalue weighted by Crippen LogP contribution is 2.28. The second-order valence-electron chi connectivity index (χ2n) is 7.29. The Morgan fingerprint density at radius 2 is 1.88 bits per heavy atom. The van der Waals surface area contributed by atoms with Gasteiger partial charge in [-0.25, -0.2) is 0 Å². The molecular weight excluding hydrogens is 438 g/mol. The zero-order valence-corrected chi connectivity index (χ0v) is 18.5. The first kappa shape index (κ1) is 21.3. The molecule has 0 radical (unpaired) electrons. The number of hydrogen-bond donors (Lipinski definition) is 1. The predicted octanol–water partition coefficient (Wildman–Crippen LogP) is 3.36. The summed E-state index contributed by atoms with van der Waals surface area (Å²) < 4.78 is 23.5. The average Bonchev–Trinajstić information content (AvgIpc) is 3.50. The molecule has 0 fully saturated rings. The van der Waals surface area contributed by atoms with Gasteiger partial charge < -0.3 is 23.9 Å². The van der Waals surface area contributed by atoms with Gasteiger partial charge in [-0.3, -0.25) is 4.79 Å². The molecule has 0 unspecified atom stereocenters. The van der Waals surface area contributed by atoms with E-state index in [9.17, 15) is 4.79 Å². The lowest BCUT2D eigenvalue weighted by Crippen LogP contribution is -2.27. The number of nitrogens with one attached hydrogen (secondary N) is 1. The minimum absolute atomic E-state index is 0.202. The third kappa shape index (κ3) is 4.08. The van der Waals surface area contributed by atoms with E-state index >= 15 is 0 Å². The molecule has 0 spiro atoms. The first-order chi connectivity index (χ1) is 16.7. The van der Waals surface area contributed by atoms with E-state index in [4.69, 9.17) is 18.6 Å². The molecule has 0 saturated heterocycles. The van der Waals surface area contributed by atoms with Crippen LogP contribution in [-0.4, -0.2) is 53.1 Å². The number of rotatable bonds is 8. The molecule has 0 aliphatic heterocycles. The van der Waals surface area contributed by atoms with Gasteiger partial charge in [0.1, 0.15) is 12.4 Å². The van der Waals surface area contributed by atoms with E-state index in [2.05, 4.69) is 20.6 Å². The number of hydrogen-bond acceptors (Lipinski definition) is 8. The Kier molecular flexibility index (Phi) is 5.69. The molecule has 1 amide bonds. The maximum Gasteiger partial charge on any atom is 0.287 e. The molecule has 5 rings (SSSR count). The molecule has 0 aliphatic rings. The summed E-state index contributed by atoms with van der Waals surface area (Å²) in [6.45, 7) is 0.480. The maximum atomic E-state index is 12.5. The summed E-state index contributed by atoms with van der Waals surface area (Å²) in [7, 11) is 3.17. The number of nitrogens with zero attached hydrogens (tertiary/aromatic N) is 4. The number of carbonyl (C=O) groups excluding carboxylic acids is 1. The Hall–Kier alpha value is -4.60. The van der Waals surface area contributed by atoms with Crippen molar-refractivity contribution in [1.29, 1.82) is 0 Å². The zero-order valence-electron chi connectivity index (χ0n) is 18.5. The minimum atomic E-state index is -0.342. The van der Waals surface area contributed by atoms with Crippen molar-refractivity contribution in [2.75, 3.05) is 27.4 Å². The Morgan fingerprint density at radius 3 is 2.68 bits per heavy atom. The minimum Gasteiger partial charge on any atom is -0.497 e. The third-order valence-corrected chi connectivity index (χ3v) is 5.18. The number of para-hydroxylation sites is 1. The Morgan fingerprint density at radius 1 is 1.03 bits per heavy atom. The van der Waals surface area contributed by atoms with Crippen LogP contribution in [0.4, 0.5) is 0 Å². The molecular formula is C24H21N5O5. The molecule has 172 valence electrons. The van der Waals surface area contributed by atoms with Gasteiger partial charge in [-0.1, -0.05) is 12.1 Å². The number of methoxy groups -OCH3 is 2. The van der Waals surface area contributed by atoms with Gasteiger partial charge in [0.05, 0.1) is 20.8 Å². The molecule has 3 aromatic heterocycles. The van der Waals surface area contributed by atoms with E-state index in [1.165, 1.54) is 0 Å². The summed E-state index contributed by atoms with van der Waals surface area (Å²) in [5.41, 5.74) is 1.96. The topological polar surface area (TPSA) is 113 Å². The van der Waals surface area contributed by atoms with Gasteiger partial charge in [-0.2, -0.15) is 4.52 Å². The van der Waals surface area contributed by atoms with Gasteiger partial charge in [0.2, 0.25) is 5.88 Å². The quantitative estimate of drug-likeness (QED) is 0.352. The molecule has 0 atom stereocenters. The van der Waals surface area contributed by atoms with Crippen LogP contribution in [0.5, 0.6) is 17.4 Å². The lowest BCUT2D eigenvalue weighted by molar-refractivity contribution is 0.0921. The van der Waals surface area contributed by atoms with Crippen LogP contribution >= 0.6 is 0 Å². The highest BCUT2D eigenvalue weighted by atomic mass is 16.5. The maximum absolute atomic E-state index is 12.5. The molecule has 2 aromatic carbocycles. The lowest BCUT2D eigenvalue weighted by Gasteiger charge is -2.07. The largest absolute Gasteiger partial charge is 0.497 e. The Balaban J connectivity index is 1.22. The first-order valence-corrected chi connectivity index (χ1v) is 10.5. The lowest BCUT2D eigenvalue weighted by atomic mass is 10.2. The SMILES string of the molecule is COc1ccc(-c2nnc3ccc(OCCNC(=O)c4cc5cccc(OC)c5o4)nn23)cc1. The van der Waals surface area contributed by atoms with Gasteiger partial charge in [0, 0.05) is 17.0 Å². The summed E-state index contributed by atoms with van der Waals surface area (Å²) in [6, 6.07) is 18.1. The molecule has 34 heavy (non-hydrogen) atoms. The highest BCUT2D eigenvalue weighted by Gasteiger charge is 2.15. The number of fused-ring (bicyclic) bond motifs is 2. The fraction of sp³-hybridized carbons (Fsp3) is 0.167. The number of benzene rings is 2. The van der Waals surface area contributed by atoms with E-state index in [1.807, 2.05) is 36.4 Å². The second kappa shape index (κ2) is 9.10. The Labute approximate surface area is 194 Å². The van der Waals surface area contributed by atoms with Crippen LogP contribution < -0.4 is 19.5 Å². The summed E-state index contributed by atoms with van der Waals surface area (Å²) in [5, 5.41) is 16.4. The van der Waals surface area contributed by atoms with Crippen LogP contribution in [0, 0.1) is 0 Å². The van der Waals surface area contributed by atoms with Crippen molar-refractivity contribution in [2.45, 2.75) is 0 Å². The van der Waals surface area contributed by atoms with Crippen molar-refractivity contribution in [3.8, 4) is 28.8 Å². The van der Waals surface area contributed by atoms with Crippen molar-refractivity contribution in [3.63, 3.8) is 0 Å². The third-order valence-electron chi connectivity index (χ3n) is 5.18. The molecule has 1 N–H and O–H groups in total. The second-order valence-corrected chi connectivity index (χ2v) is 7.29. The molecule has 0 saturated carbocycles. The molecule has 10 heteroatoms. The van der Waals surface area contributed by atoms with Crippen molar-refractivity contribution in [3.05, 3.63) is 66.4 Å². The van der Waals surface area contributed by atoms with E-state index in [-0.39, 0.29) is 24.8 Å². The summed E-state index contributed by atoms with van der Waals surface area (Å²) in [4.78, 5) is 12.5. The predicted molar refractivity (Wildman–Crippen MR) is 123 cm³/mol. The van der Waals surface area contributed by atoms with Crippen LogP contribution in [-0.2, 0) is 0 Å². The van der Waals surface area contributed by atoms with Crippen LogP contribution in [0.3, 0.4) is 0 Å². The molecule has 0 bridgehead atoms. The van der Waals surface area contributed by atoms with Crippen molar-refractivity contribution < 1.29 is 23.4 Å². The molecule has 3 heterocycles. The van der Waals surface area contributed by atoms with E-state index in [1.54, 1.807) is 43.0 Å². The molecule has 10 nitrogen and oxygen atoms in total. The van der Waals surface area contributed by atoms with E-state index in [0.717, 1.165) is 16.7 Å². The van der Waals surface area contributed by atoms with Gasteiger partial charge in [0.15, 0.2) is 28.6 Å². The van der Waals surface area contributed by atoms with Crippen LogP contribution in [0.15, 0.2) is 65.1 Å². The van der Waals surface area contributed by atoms with Crippen LogP contribution in [0.1, 0.15) is 10.6 Å². The fourth-order valence-electron chi connectivity index (χ4n) is 3.49. The normalized spacial score (nSPS) is 11.0. The van der Waals surface area contributed by atoms with Crippen molar-refractivity contribution >= 4 is 22.5 Å². The number of carbonyl (C=O) groups is 1. The monoisotopic (exact) mass is 459 g/mol. The Bertz CT molecular complexity index is 1460. The van der Waals surface area contributed by atoms with Crippen LogP contribution in [0.25, 0.3) is 28.0 Å².